The third kappa shape index (κ3) is 2.09. The molecule has 2 rings (SSSR count). The Morgan fingerprint density at radius 3 is 2.62 bits per heavy atom. The summed E-state index contributed by atoms with van der Waals surface area (Å²) in [5, 5.41) is 3.25. The quantitative estimate of drug-likeness (QED) is 0.765. The van der Waals surface area contributed by atoms with Crippen LogP contribution in [0.25, 0.3) is 0 Å². The van der Waals surface area contributed by atoms with Gasteiger partial charge in [-0.05, 0) is 12.5 Å². The normalized spacial score (nSPS) is 24.4. The van der Waals surface area contributed by atoms with Crippen molar-refractivity contribution in [3.05, 3.63) is 35.4 Å². The van der Waals surface area contributed by atoms with Crippen LogP contribution in [0, 0.1) is 12.8 Å². The molecule has 0 unspecified atom stereocenters. The number of carbonyl (C=O) groups excluding carboxylic acids is 1. The second-order valence-corrected chi connectivity index (χ2v) is 4.31. The minimum absolute atomic E-state index is 0.0484. The molecule has 1 aliphatic rings. The lowest BCUT2D eigenvalue weighted by atomic mass is 9.88. The maximum atomic E-state index is 11.6. The first kappa shape index (κ1) is 11.1. The van der Waals surface area contributed by atoms with Gasteiger partial charge in [0.25, 0.3) is 0 Å². The van der Waals surface area contributed by atoms with Gasteiger partial charge in [-0.1, -0.05) is 29.8 Å². The van der Waals surface area contributed by atoms with Crippen LogP contribution >= 0.6 is 0 Å². The minimum atomic E-state index is -0.115. The number of nitrogens with one attached hydrogen (secondary N) is 1. The summed E-state index contributed by atoms with van der Waals surface area (Å²) in [6, 6.07) is 8.37. The summed E-state index contributed by atoms with van der Waals surface area (Å²) in [5.74, 6) is 0.0799. The average Bonchev–Trinajstić information content (AvgIpc) is 2.78. The van der Waals surface area contributed by atoms with E-state index < -0.39 is 0 Å². The van der Waals surface area contributed by atoms with Gasteiger partial charge in [0, 0.05) is 19.0 Å². The standard InChI is InChI=1S/C13H17NO2/c1-9-3-5-10(6-4-9)11-7-14-8-12(11)13(15)16-2/h3-6,11-12,14H,7-8H2,1-2H3/t11-,12-/m0/s1. The highest BCUT2D eigenvalue weighted by Crippen LogP contribution is 2.29. The van der Waals surface area contributed by atoms with Crippen molar-refractivity contribution >= 4 is 5.97 Å². The van der Waals surface area contributed by atoms with Gasteiger partial charge in [-0.25, -0.2) is 0 Å². The number of hydrogen-bond donors (Lipinski definition) is 1. The van der Waals surface area contributed by atoms with E-state index in [2.05, 4.69) is 36.5 Å². The molecule has 1 fully saturated rings. The van der Waals surface area contributed by atoms with Crippen LogP contribution in [0.4, 0.5) is 0 Å². The lowest BCUT2D eigenvalue weighted by Crippen LogP contribution is -2.22. The van der Waals surface area contributed by atoms with Gasteiger partial charge < -0.3 is 10.1 Å². The van der Waals surface area contributed by atoms with Gasteiger partial charge in [0.15, 0.2) is 0 Å². The highest BCUT2D eigenvalue weighted by Gasteiger charge is 2.34. The third-order valence-corrected chi connectivity index (χ3v) is 3.22. The predicted octanol–water partition coefficient (Wildman–Crippen LogP) is 1.47. The highest BCUT2D eigenvalue weighted by molar-refractivity contribution is 5.74. The molecule has 1 N–H and O–H groups in total. The molecule has 0 spiro atoms. The van der Waals surface area contributed by atoms with Gasteiger partial charge in [-0.15, -0.1) is 0 Å². The van der Waals surface area contributed by atoms with E-state index in [1.54, 1.807) is 0 Å². The molecule has 1 aromatic carbocycles. The van der Waals surface area contributed by atoms with E-state index in [1.807, 2.05) is 0 Å². The molecule has 0 aromatic heterocycles. The smallest absolute Gasteiger partial charge is 0.310 e. The first-order chi connectivity index (χ1) is 7.72. The van der Waals surface area contributed by atoms with Crippen LogP contribution in [-0.4, -0.2) is 26.2 Å². The summed E-state index contributed by atoms with van der Waals surface area (Å²) in [6.45, 7) is 3.63. The van der Waals surface area contributed by atoms with Crippen LogP contribution in [0.5, 0.6) is 0 Å². The zero-order valence-corrected chi connectivity index (χ0v) is 9.69. The zero-order valence-electron chi connectivity index (χ0n) is 9.69. The molecule has 1 aromatic rings. The van der Waals surface area contributed by atoms with Crippen LogP contribution in [0.1, 0.15) is 17.0 Å². The van der Waals surface area contributed by atoms with Crippen LogP contribution in [0.3, 0.4) is 0 Å². The maximum Gasteiger partial charge on any atom is 0.310 e. The van der Waals surface area contributed by atoms with E-state index >= 15 is 0 Å². The van der Waals surface area contributed by atoms with E-state index in [0.29, 0.717) is 6.54 Å². The topological polar surface area (TPSA) is 38.3 Å². The van der Waals surface area contributed by atoms with Gasteiger partial charge in [0.1, 0.15) is 0 Å². The average molecular weight is 219 g/mol. The number of aryl methyl sites for hydroxylation is 1. The molecule has 0 saturated carbocycles. The van der Waals surface area contributed by atoms with Crippen LogP contribution < -0.4 is 5.32 Å². The van der Waals surface area contributed by atoms with Crippen LogP contribution in [-0.2, 0) is 9.53 Å². The lowest BCUT2D eigenvalue weighted by molar-refractivity contribution is -0.145. The van der Waals surface area contributed by atoms with Crippen LogP contribution in [0.2, 0.25) is 0 Å². The number of methoxy groups -OCH3 is 1. The SMILES string of the molecule is COC(=O)[C@H]1CNC[C@H]1c1ccc(C)cc1. The third-order valence-electron chi connectivity index (χ3n) is 3.22. The highest BCUT2D eigenvalue weighted by atomic mass is 16.5. The molecular formula is C13H17NO2. The summed E-state index contributed by atoms with van der Waals surface area (Å²) >= 11 is 0. The fourth-order valence-corrected chi connectivity index (χ4v) is 2.24. The second-order valence-electron chi connectivity index (χ2n) is 4.31. The predicted molar refractivity (Wildman–Crippen MR) is 62.3 cm³/mol. The molecule has 86 valence electrons. The monoisotopic (exact) mass is 219 g/mol. The summed E-state index contributed by atoms with van der Waals surface area (Å²) in [4.78, 5) is 11.6. The van der Waals surface area contributed by atoms with Crippen molar-refractivity contribution in [3.8, 4) is 0 Å². The molecule has 0 radical (unpaired) electrons. The van der Waals surface area contributed by atoms with Crippen molar-refractivity contribution in [3.63, 3.8) is 0 Å². The van der Waals surface area contributed by atoms with Gasteiger partial charge in [0.2, 0.25) is 0 Å². The van der Waals surface area contributed by atoms with E-state index in [1.165, 1.54) is 18.2 Å². The van der Waals surface area contributed by atoms with Crippen molar-refractivity contribution < 1.29 is 9.53 Å². The Morgan fingerprint density at radius 1 is 1.31 bits per heavy atom. The van der Waals surface area contributed by atoms with Crippen molar-refractivity contribution in [2.24, 2.45) is 5.92 Å². The molecule has 1 heterocycles. The number of esters is 1. The lowest BCUT2D eigenvalue weighted by Gasteiger charge is -2.16. The molecule has 3 heteroatoms. The van der Waals surface area contributed by atoms with Gasteiger partial charge in [0.05, 0.1) is 13.0 Å². The number of benzene rings is 1. The van der Waals surface area contributed by atoms with Gasteiger partial charge >= 0.3 is 5.97 Å². The fourth-order valence-electron chi connectivity index (χ4n) is 2.24. The van der Waals surface area contributed by atoms with Crippen molar-refractivity contribution in [1.29, 1.82) is 0 Å². The van der Waals surface area contributed by atoms with Gasteiger partial charge in [-0.2, -0.15) is 0 Å². The Hall–Kier alpha value is -1.35. The summed E-state index contributed by atoms with van der Waals surface area (Å²) in [6.07, 6.45) is 0. The Labute approximate surface area is 95.8 Å². The number of rotatable bonds is 2. The number of hydrogen-bond acceptors (Lipinski definition) is 3. The fraction of sp³-hybridized carbons (Fsp3) is 0.462. The molecule has 16 heavy (non-hydrogen) atoms. The molecular weight excluding hydrogens is 202 g/mol. The Kier molecular flexibility index (Phi) is 3.25. The summed E-state index contributed by atoms with van der Waals surface area (Å²) < 4.78 is 4.83. The molecule has 0 aliphatic carbocycles. The van der Waals surface area contributed by atoms with E-state index in [0.717, 1.165) is 6.54 Å². The molecule has 2 atom stereocenters. The number of ether oxygens (including phenoxy) is 1. The largest absolute Gasteiger partial charge is 0.469 e. The molecule has 0 bridgehead atoms. The van der Waals surface area contributed by atoms with Crippen molar-refractivity contribution in [2.45, 2.75) is 12.8 Å². The van der Waals surface area contributed by atoms with Crippen molar-refractivity contribution in [2.75, 3.05) is 20.2 Å². The Balaban J connectivity index is 2.19. The first-order valence-corrected chi connectivity index (χ1v) is 5.57. The maximum absolute atomic E-state index is 11.6. The van der Waals surface area contributed by atoms with E-state index in [-0.39, 0.29) is 17.8 Å². The Bertz CT molecular complexity index is 372. The minimum Gasteiger partial charge on any atom is -0.469 e. The summed E-state index contributed by atoms with van der Waals surface area (Å²) in [7, 11) is 1.45. The van der Waals surface area contributed by atoms with Gasteiger partial charge in [-0.3, -0.25) is 4.79 Å². The van der Waals surface area contributed by atoms with E-state index in [9.17, 15) is 4.79 Å². The number of carbonyl (C=O) groups is 1. The Morgan fingerprint density at radius 2 is 2.00 bits per heavy atom. The zero-order chi connectivity index (χ0) is 11.5. The molecule has 3 nitrogen and oxygen atoms in total. The van der Waals surface area contributed by atoms with Crippen molar-refractivity contribution in [1.82, 2.24) is 5.32 Å². The second kappa shape index (κ2) is 4.66. The summed E-state index contributed by atoms with van der Waals surface area (Å²) in [5.41, 5.74) is 2.45. The first-order valence-electron chi connectivity index (χ1n) is 5.57. The van der Waals surface area contributed by atoms with Crippen LogP contribution in [0.15, 0.2) is 24.3 Å². The molecule has 0 amide bonds. The molecule has 1 aliphatic heterocycles. The van der Waals surface area contributed by atoms with E-state index in [4.69, 9.17) is 4.74 Å². The molecule has 1 saturated heterocycles.